The molecule has 3 aromatic carbocycles. The molecule has 0 aromatic heterocycles. The van der Waals surface area contributed by atoms with Gasteiger partial charge >= 0.3 is 5.97 Å². The molecule has 0 spiro atoms. The summed E-state index contributed by atoms with van der Waals surface area (Å²) in [6.45, 7) is 3.96. The summed E-state index contributed by atoms with van der Waals surface area (Å²) in [6.07, 6.45) is 0. The Labute approximate surface area is 186 Å². The van der Waals surface area contributed by atoms with Gasteiger partial charge in [-0.25, -0.2) is 4.79 Å². The van der Waals surface area contributed by atoms with Gasteiger partial charge in [0.2, 0.25) is 0 Å². The fraction of sp³-hybridized carbons (Fsp3) is 0.280. The largest absolute Gasteiger partial charge is 0.506 e. The molecule has 1 saturated heterocycles. The van der Waals surface area contributed by atoms with Crippen LogP contribution < -0.4 is 5.32 Å². The Balaban J connectivity index is 1.31. The van der Waals surface area contributed by atoms with Crippen molar-refractivity contribution in [2.45, 2.75) is 13.1 Å². The first-order chi connectivity index (χ1) is 15.6. The Morgan fingerprint density at radius 1 is 0.969 bits per heavy atom. The molecule has 1 heterocycles. The molecule has 166 valence electrons. The molecule has 0 bridgehead atoms. The van der Waals surface area contributed by atoms with Crippen molar-refractivity contribution in [3.63, 3.8) is 0 Å². The van der Waals surface area contributed by atoms with Crippen molar-refractivity contribution >= 4 is 22.6 Å². The van der Waals surface area contributed by atoms with Crippen molar-refractivity contribution in [2.75, 3.05) is 32.9 Å². The van der Waals surface area contributed by atoms with Gasteiger partial charge in [-0.2, -0.15) is 0 Å². The summed E-state index contributed by atoms with van der Waals surface area (Å²) in [4.78, 5) is 27.0. The third-order valence-corrected chi connectivity index (χ3v) is 5.55. The Bertz CT molecular complexity index is 1110. The van der Waals surface area contributed by atoms with Gasteiger partial charge in [-0.1, -0.05) is 54.6 Å². The van der Waals surface area contributed by atoms with E-state index in [0.717, 1.165) is 49.4 Å². The number of esters is 1. The Kier molecular flexibility index (Phi) is 6.99. The van der Waals surface area contributed by atoms with Gasteiger partial charge in [-0.3, -0.25) is 9.69 Å². The first kappa shape index (κ1) is 21.8. The van der Waals surface area contributed by atoms with E-state index in [0.29, 0.717) is 11.9 Å². The van der Waals surface area contributed by atoms with Gasteiger partial charge < -0.3 is 19.9 Å². The highest BCUT2D eigenvalue weighted by atomic mass is 16.5. The maximum absolute atomic E-state index is 12.4. The van der Waals surface area contributed by atoms with E-state index in [1.807, 2.05) is 30.3 Å². The van der Waals surface area contributed by atoms with E-state index in [1.54, 1.807) is 18.2 Å². The maximum atomic E-state index is 12.4. The van der Waals surface area contributed by atoms with Gasteiger partial charge in [0, 0.05) is 31.6 Å². The standard InChI is InChI=1S/C25H26N2O5/c28-23(17-32-25(30)22-10-9-18-5-3-4-8-21(18)24(22)29)26-15-19-6-1-2-7-20(19)16-27-11-13-31-14-12-27/h1-10,29H,11-17H2,(H,26,28). The fourth-order valence-electron chi connectivity index (χ4n) is 3.76. The van der Waals surface area contributed by atoms with Gasteiger partial charge in [0.15, 0.2) is 6.61 Å². The minimum absolute atomic E-state index is 0.0346. The summed E-state index contributed by atoms with van der Waals surface area (Å²) in [5, 5.41) is 14.6. The number of fused-ring (bicyclic) bond motifs is 1. The van der Waals surface area contributed by atoms with E-state index in [4.69, 9.17) is 9.47 Å². The molecule has 7 heteroatoms. The molecule has 0 unspecified atom stereocenters. The number of amides is 1. The number of hydrogen-bond acceptors (Lipinski definition) is 6. The average Bonchev–Trinajstić information content (AvgIpc) is 2.83. The SMILES string of the molecule is O=C(COC(=O)c1ccc2ccccc2c1O)NCc1ccccc1CN1CCOCC1. The number of nitrogens with zero attached hydrogens (tertiary/aromatic N) is 1. The first-order valence-electron chi connectivity index (χ1n) is 10.6. The minimum atomic E-state index is -0.740. The molecule has 1 amide bonds. The number of morpholine rings is 1. The second-order valence-electron chi connectivity index (χ2n) is 7.69. The predicted octanol–water partition coefficient (Wildman–Crippen LogP) is 2.85. The van der Waals surface area contributed by atoms with Gasteiger partial charge in [-0.05, 0) is 22.6 Å². The lowest BCUT2D eigenvalue weighted by molar-refractivity contribution is -0.124. The average molecular weight is 434 g/mol. The van der Waals surface area contributed by atoms with Crippen molar-refractivity contribution in [2.24, 2.45) is 0 Å². The van der Waals surface area contributed by atoms with Crippen molar-refractivity contribution in [1.82, 2.24) is 10.2 Å². The molecule has 32 heavy (non-hydrogen) atoms. The van der Waals surface area contributed by atoms with Gasteiger partial charge in [0.1, 0.15) is 11.3 Å². The summed E-state index contributed by atoms with van der Waals surface area (Å²) in [7, 11) is 0. The molecule has 7 nitrogen and oxygen atoms in total. The molecule has 0 radical (unpaired) electrons. The number of carbonyl (C=O) groups is 2. The number of aromatic hydroxyl groups is 1. The Hall–Kier alpha value is -3.42. The normalized spacial score (nSPS) is 14.2. The summed E-state index contributed by atoms with van der Waals surface area (Å²) >= 11 is 0. The summed E-state index contributed by atoms with van der Waals surface area (Å²) in [5.41, 5.74) is 2.20. The van der Waals surface area contributed by atoms with Crippen LogP contribution in [-0.2, 0) is 27.4 Å². The number of rotatable bonds is 7. The zero-order valence-corrected chi connectivity index (χ0v) is 17.8. The van der Waals surface area contributed by atoms with Crippen LogP contribution in [0.5, 0.6) is 5.75 Å². The summed E-state index contributed by atoms with van der Waals surface area (Å²) in [6, 6.07) is 18.4. The van der Waals surface area contributed by atoms with Crippen LogP contribution in [0.4, 0.5) is 0 Å². The van der Waals surface area contributed by atoms with Crippen molar-refractivity contribution in [1.29, 1.82) is 0 Å². The third-order valence-electron chi connectivity index (χ3n) is 5.55. The third kappa shape index (κ3) is 5.25. The molecular weight excluding hydrogens is 408 g/mol. The van der Waals surface area contributed by atoms with Gasteiger partial charge in [0.05, 0.1) is 13.2 Å². The van der Waals surface area contributed by atoms with E-state index >= 15 is 0 Å². The molecule has 3 aromatic rings. The quantitative estimate of drug-likeness (QED) is 0.556. The van der Waals surface area contributed by atoms with Crippen LogP contribution in [0.25, 0.3) is 10.8 Å². The molecule has 1 fully saturated rings. The number of carbonyl (C=O) groups excluding carboxylic acids is 2. The molecule has 1 aliphatic rings. The molecule has 0 atom stereocenters. The first-order valence-corrected chi connectivity index (χ1v) is 10.6. The topological polar surface area (TPSA) is 88.1 Å². The van der Waals surface area contributed by atoms with E-state index in [1.165, 1.54) is 6.07 Å². The molecule has 2 N–H and O–H groups in total. The lowest BCUT2D eigenvalue weighted by Gasteiger charge is -2.27. The zero-order chi connectivity index (χ0) is 22.3. The predicted molar refractivity (Wildman–Crippen MR) is 120 cm³/mol. The lowest BCUT2D eigenvalue weighted by Crippen LogP contribution is -2.36. The lowest BCUT2D eigenvalue weighted by atomic mass is 10.1. The zero-order valence-electron chi connectivity index (χ0n) is 17.8. The second-order valence-corrected chi connectivity index (χ2v) is 7.69. The van der Waals surface area contributed by atoms with E-state index in [-0.39, 0.29) is 11.3 Å². The number of phenolic OH excluding ortho intramolecular Hbond substituents is 1. The van der Waals surface area contributed by atoms with Gasteiger partial charge in [-0.15, -0.1) is 0 Å². The monoisotopic (exact) mass is 434 g/mol. The van der Waals surface area contributed by atoms with Crippen LogP contribution in [0.1, 0.15) is 21.5 Å². The minimum Gasteiger partial charge on any atom is -0.506 e. The highest BCUT2D eigenvalue weighted by molar-refractivity contribution is 6.01. The number of benzene rings is 3. The Morgan fingerprint density at radius 3 is 2.50 bits per heavy atom. The van der Waals surface area contributed by atoms with Crippen LogP contribution in [0, 0.1) is 0 Å². The molecule has 0 aliphatic carbocycles. The number of hydrogen-bond donors (Lipinski definition) is 2. The molecular formula is C25H26N2O5. The van der Waals surface area contributed by atoms with Crippen molar-refractivity contribution < 1.29 is 24.2 Å². The Morgan fingerprint density at radius 2 is 1.69 bits per heavy atom. The second kappa shape index (κ2) is 10.3. The number of nitrogens with one attached hydrogen (secondary N) is 1. The van der Waals surface area contributed by atoms with Crippen molar-refractivity contribution in [3.05, 3.63) is 77.4 Å². The van der Waals surface area contributed by atoms with Crippen molar-refractivity contribution in [3.8, 4) is 5.75 Å². The van der Waals surface area contributed by atoms with E-state index < -0.39 is 18.5 Å². The van der Waals surface area contributed by atoms with Crippen LogP contribution in [-0.4, -0.2) is 54.8 Å². The van der Waals surface area contributed by atoms with Gasteiger partial charge in [0.25, 0.3) is 5.91 Å². The van der Waals surface area contributed by atoms with Crippen LogP contribution >= 0.6 is 0 Å². The van der Waals surface area contributed by atoms with E-state index in [9.17, 15) is 14.7 Å². The highest BCUT2D eigenvalue weighted by Gasteiger charge is 2.17. The molecule has 0 saturated carbocycles. The van der Waals surface area contributed by atoms with E-state index in [2.05, 4.69) is 16.3 Å². The maximum Gasteiger partial charge on any atom is 0.342 e. The number of phenols is 1. The van der Waals surface area contributed by atoms with Crippen LogP contribution in [0.3, 0.4) is 0 Å². The highest BCUT2D eigenvalue weighted by Crippen LogP contribution is 2.28. The smallest absolute Gasteiger partial charge is 0.342 e. The van der Waals surface area contributed by atoms with Crippen LogP contribution in [0.15, 0.2) is 60.7 Å². The van der Waals surface area contributed by atoms with Crippen LogP contribution in [0.2, 0.25) is 0 Å². The summed E-state index contributed by atoms with van der Waals surface area (Å²) in [5.74, 6) is -1.29. The fourth-order valence-corrected chi connectivity index (χ4v) is 3.76. The number of ether oxygens (including phenoxy) is 2. The molecule has 4 rings (SSSR count). The summed E-state index contributed by atoms with van der Waals surface area (Å²) < 4.78 is 10.5. The molecule has 1 aliphatic heterocycles.